The number of ether oxygens (including phenoxy) is 1. The van der Waals surface area contributed by atoms with Gasteiger partial charge in [0.05, 0.1) is 7.11 Å². The molecule has 3 aromatic carbocycles. The fraction of sp³-hybridized carbons (Fsp3) is 0.111. The van der Waals surface area contributed by atoms with Crippen molar-refractivity contribution in [1.29, 1.82) is 5.26 Å². The van der Waals surface area contributed by atoms with Gasteiger partial charge in [-0.25, -0.2) is 0 Å². The Kier molecular flexibility index (Phi) is 8.08. The monoisotopic (exact) mass is 488 g/mol. The second-order valence-corrected chi connectivity index (χ2v) is 9.09. The van der Waals surface area contributed by atoms with Crippen LogP contribution in [0.5, 0.6) is 11.5 Å². The van der Waals surface area contributed by atoms with Gasteiger partial charge in [0.2, 0.25) is 0 Å². The molecule has 0 aromatic heterocycles. The molecule has 0 saturated carbocycles. The number of amides is 1. The number of nitrogens with one attached hydrogen (secondary N) is 1. The summed E-state index contributed by atoms with van der Waals surface area (Å²) in [5, 5.41) is 12.2. The molecule has 178 valence electrons. The number of allylic oxidation sites excluding steroid dienone is 1. The van der Waals surface area contributed by atoms with Crippen molar-refractivity contribution in [1.82, 2.24) is 0 Å². The minimum absolute atomic E-state index is 0.00280. The standard InChI is InChI=1S/C27H24N2O5S/c1-4-8-21-15-20(16-22(18-28)27(30)29-23-9-6-5-7-10-23)17-25(33-3)26(21)34-35(31,32)24-13-11-19(2)12-14-24/h4-7,9-17H,1,8H2,2-3H3,(H,29,30)/b22-16+. The van der Waals surface area contributed by atoms with Crippen LogP contribution in [0.4, 0.5) is 5.69 Å². The van der Waals surface area contributed by atoms with Crippen molar-refractivity contribution in [3.8, 4) is 17.6 Å². The number of methoxy groups -OCH3 is 1. The summed E-state index contributed by atoms with van der Waals surface area (Å²) in [6, 6.07) is 20.1. The molecular weight excluding hydrogens is 464 g/mol. The summed E-state index contributed by atoms with van der Waals surface area (Å²) in [6.45, 7) is 5.57. The molecule has 8 heteroatoms. The predicted octanol–water partition coefficient (Wildman–Crippen LogP) is 5.05. The van der Waals surface area contributed by atoms with E-state index in [1.54, 1.807) is 48.5 Å². The maximum atomic E-state index is 12.9. The molecule has 1 N–H and O–H groups in total. The largest absolute Gasteiger partial charge is 0.493 e. The van der Waals surface area contributed by atoms with E-state index < -0.39 is 16.0 Å². The molecule has 0 bridgehead atoms. The van der Waals surface area contributed by atoms with Crippen molar-refractivity contribution < 1.29 is 22.1 Å². The van der Waals surface area contributed by atoms with Gasteiger partial charge in [0.1, 0.15) is 16.5 Å². The van der Waals surface area contributed by atoms with E-state index >= 15 is 0 Å². The number of hydrogen-bond donors (Lipinski definition) is 1. The number of hydrogen-bond acceptors (Lipinski definition) is 6. The lowest BCUT2D eigenvalue weighted by Gasteiger charge is -2.16. The molecule has 0 aliphatic rings. The summed E-state index contributed by atoms with van der Waals surface area (Å²) in [4.78, 5) is 12.6. The third-order valence-corrected chi connectivity index (χ3v) is 6.18. The van der Waals surface area contributed by atoms with Gasteiger partial charge in [-0.2, -0.15) is 13.7 Å². The molecule has 1 amide bonds. The molecule has 3 aromatic rings. The third-order valence-electron chi connectivity index (χ3n) is 4.95. The highest BCUT2D eigenvalue weighted by Crippen LogP contribution is 2.36. The quantitative estimate of drug-likeness (QED) is 0.196. The van der Waals surface area contributed by atoms with E-state index in [1.165, 1.54) is 31.4 Å². The first-order chi connectivity index (χ1) is 16.8. The van der Waals surface area contributed by atoms with Gasteiger partial charge in [0.25, 0.3) is 5.91 Å². The van der Waals surface area contributed by atoms with Crippen LogP contribution in [0.15, 0.2) is 89.9 Å². The number of para-hydroxylation sites is 1. The van der Waals surface area contributed by atoms with E-state index in [-0.39, 0.29) is 28.4 Å². The zero-order valence-electron chi connectivity index (χ0n) is 19.3. The van der Waals surface area contributed by atoms with Crippen LogP contribution in [0.2, 0.25) is 0 Å². The lowest BCUT2D eigenvalue weighted by atomic mass is 10.0. The van der Waals surface area contributed by atoms with Crippen LogP contribution in [-0.2, 0) is 21.3 Å². The molecule has 0 spiro atoms. The first kappa shape index (κ1) is 25.3. The summed E-state index contributed by atoms with van der Waals surface area (Å²) in [5.41, 5.74) is 2.24. The van der Waals surface area contributed by atoms with Crippen LogP contribution < -0.4 is 14.2 Å². The molecular formula is C27H24N2O5S. The molecule has 0 unspecified atom stereocenters. The number of nitrogens with zero attached hydrogens (tertiary/aromatic N) is 1. The van der Waals surface area contributed by atoms with E-state index in [1.807, 2.05) is 19.1 Å². The Morgan fingerprint density at radius 2 is 1.80 bits per heavy atom. The van der Waals surface area contributed by atoms with Crippen LogP contribution >= 0.6 is 0 Å². The van der Waals surface area contributed by atoms with E-state index in [9.17, 15) is 18.5 Å². The molecule has 3 rings (SSSR count). The SMILES string of the molecule is C=CCc1cc(/C=C(\C#N)C(=O)Nc2ccccc2)cc(OC)c1OS(=O)(=O)c1ccc(C)cc1. The number of rotatable bonds is 9. The highest BCUT2D eigenvalue weighted by atomic mass is 32.2. The fourth-order valence-corrected chi connectivity index (χ4v) is 4.19. The van der Waals surface area contributed by atoms with Crippen LogP contribution in [-0.4, -0.2) is 21.4 Å². The maximum absolute atomic E-state index is 12.9. The number of benzene rings is 3. The van der Waals surface area contributed by atoms with Crippen LogP contribution in [0.25, 0.3) is 6.08 Å². The summed E-state index contributed by atoms with van der Waals surface area (Å²) in [5.74, 6) is -0.436. The lowest BCUT2D eigenvalue weighted by molar-refractivity contribution is -0.112. The average Bonchev–Trinajstić information content (AvgIpc) is 2.84. The fourth-order valence-electron chi connectivity index (χ4n) is 3.22. The van der Waals surface area contributed by atoms with Crippen molar-refractivity contribution in [3.05, 3.63) is 102 Å². The van der Waals surface area contributed by atoms with Crippen molar-refractivity contribution in [3.63, 3.8) is 0 Å². The predicted molar refractivity (Wildman–Crippen MR) is 135 cm³/mol. The Balaban J connectivity index is 2.00. The topological polar surface area (TPSA) is 105 Å². The molecule has 0 radical (unpaired) electrons. The van der Waals surface area contributed by atoms with Gasteiger partial charge in [-0.05, 0) is 61.4 Å². The van der Waals surface area contributed by atoms with Gasteiger partial charge in [0, 0.05) is 11.3 Å². The van der Waals surface area contributed by atoms with Crippen LogP contribution in [0.1, 0.15) is 16.7 Å². The van der Waals surface area contributed by atoms with Crippen LogP contribution in [0.3, 0.4) is 0 Å². The second-order valence-electron chi connectivity index (χ2n) is 7.54. The lowest BCUT2D eigenvalue weighted by Crippen LogP contribution is -2.13. The number of nitriles is 1. The summed E-state index contributed by atoms with van der Waals surface area (Å²) in [6.07, 6.45) is 3.24. The van der Waals surface area contributed by atoms with Gasteiger partial charge >= 0.3 is 10.1 Å². The van der Waals surface area contributed by atoms with Gasteiger partial charge in [0.15, 0.2) is 11.5 Å². The van der Waals surface area contributed by atoms with Crippen molar-refractivity contribution in [2.75, 3.05) is 12.4 Å². The first-order valence-electron chi connectivity index (χ1n) is 10.6. The molecule has 35 heavy (non-hydrogen) atoms. The summed E-state index contributed by atoms with van der Waals surface area (Å²) < 4.78 is 36.7. The first-order valence-corrected chi connectivity index (χ1v) is 12.0. The second kappa shape index (κ2) is 11.2. The van der Waals surface area contributed by atoms with E-state index in [2.05, 4.69) is 11.9 Å². The van der Waals surface area contributed by atoms with Gasteiger partial charge in [-0.3, -0.25) is 4.79 Å². The minimum atomic E-state index is -4.14. The average molecular weight is 489 g/mol. The van der Waals surface area contributed by atoms with Gasteiger partial charge in [-0.1, -0.05) is 42.0 Å². The highest BCUT2D eigenvalue weighted by Gasteiger charge is 2.22. The number of carbonyl (C=O) groups is 1. The number of anilines is 1. The van der Waals surface area contributed by atoms with Crippen molar-refractivity contribution >= 4 is 27.8 Å². The molecule has 0 saturated heterocycles. The van der Waals surface area contributed by atoms with Gasteiger partial charge in [-0.15, -0.1) is 6.58 Å². The Morgan fingerprint density at radius 3 is 2.40 bits per heavy atom. The van der Waals surface area contributed by atoms with Gasteiger partial charge < -0.3 is 14.2 Å². The third kappa shape index (κ3) is 6.37. The maximum Gasteiger partial charge on any atom is 0.339 e. The molecule has 0 aliphatic carbocycles. The summed E-state index contributed by atoms with van der Waals surface area (Å²) in [7, 11) is -2.76. The van der Waals surface area contributed by atoms with Crippen LogP contribution in [0, 0.1) is 18.3 Å². The van der Waals surface area contributed by atoms with E-state index in [0.717, 1.165) is 5.56 Å². The normalized spacial score (nSPS) is 11.3. The zero-order valence-corrected chi connectivity index (χ0v) is 20.1. The highest BCUT2D eigenvalue weighted by molar-refractivity contribution is 7.87. The Labute approximate surface area is 205 Å². The molecule has 0 atom stereocenters. The van der Waals surface area contributed by atoms with Crippen molar-refractivity contribution in [2.24, 2.45) is 0 Å². The summed E-state index contributed by atoms with van der Waals surface area (Å²) >= 11 is 0. The Hall–Kier alpha value is -4.35. The minimum Gasteiger partial charge on any atom is -0.493 e. The molecule has 0 aliphatic heterocycles. The Bertz CT molecular complexity index is 1400. The number of carbonyl (C=O) groups excluding carboxylic acids is 1. The molecule has 7 nitrogen and oxygen atoms in total. The Morgan fingerprint density at radius 1 is 1.11 bits per heavy atom. The molecule has 0 heterocycles. The smallest absolute Gasteiger partial charge is 0.339 e. The molecule has 0 fully saturated rings. The van der Waals surface area contributed by atoms with E-state index in [0.29, 0.717) is 16.8 Å². The van der Waals surface area contributed by atoms with Crippen molar-refractivity contribution in [2.45, 2.75) is 18.2 Å². The zero-order chi connectivity index (χ0) is 25.4. The van der Waals surface area contributed by atoms with E-state index in [4.69, 9.17) is 8.92 Å². The number of aryl methyl sites for hydroxylation is 1.